The van der Waals surface area contributed by atoms with Crippen LogP contribution in [0.4, 0.5) is 0 Å². The first-order chi connectivity index (χ1) is 10.1. The van der Waals surface area contributed by atoms with E-state index in [2.05, 4.69) is 10.2 Å². The molecule has 6 heteroatoms. The van der Waals surface area contributed by atoms with Gasteiger partial charge in [-0.25, -0.2) is 0 Å². The molecule has 4 nitrogen and oxygen atoms in total. The molecule has 0 spiro atoms. The van der Waals surface area contributed by atoms with E-state index in [9.17, 15) is 5.11 Å². The molecule has 0 amide bonds. The van der Waals surface area contributed by atoms with Crippen molar-refractivity contribution in [1.82, 2.24) is 10.2 Å². The third kappa shape index (κ3) is 5.09. The third-order valence-electron chi connectivity index (χ3n) is 3.68. The van der Waals surface area contributed by atoms with Crippen LogP contribution in [0, 0.1) is 0 Å². The van der Waals surface area contributed by atoms with Crippen molar-refractivity contribution < 1.29 is 9.84 Å². The second-order valence-electron chi connectivity index (χ2n) is 5.34. The Morgan fingerprint density at radius 1 is 1.33 bits per heavy atom. The number of halogens is 2. The van der Waals surface area contributed by atoms with Crippen molar-refractivity contribution in [2.75, 3.05) is 39.4 Å². The zero-order valence-electron chi connectivity index (χ0n) is 12.2. The van der Waals surface area contributed by atoms with Crippen molar-refractivity contribution in [2.45, 2.75) is 19.1 Å². The first-order valence-electron chi connectivity index (χ1n) is 7.23. The van der Waals surface area contributed by atoms with Crippen molar-refractivity contribution in [2.24, 2.45) is 0 Å². The van der Waals surface area contributed by atoms with E-state index in [0.29, 0.717) is 23.1 Å². The number of aliphatic hydroxyl groups excluding tert-OH is 1. The highest BCUT2D eigenvalue weighted by molar-refractivity contribution is 6.42. The minimum Gasteiger partial charge on any atom is -0.390 e. The highest BCUT2D eigenvalue weighted by Crippen LogP contribution is 2.29. The van der Waals surface area contributed by atoms with Gasteiger partial charge in [0.25, 0.3) is 0 Å². The number of hydrogen-bond acceptors (Lipinski definition) is 4. The highest BCUT2D eigenvalue weighted by atomic mass is 35.5. The van der Waals surface area contributed by atoms with Crippen LogP contribution in [0.2, 0.25) is 10.0 Å². The largest absolute Gasteiger partial charge is 0.390 e. The maximum absolute atomic E-state index is 10.1. The molecule has 118 valence electrons. The van der Waals surface area contributed by atoms with Gasteiger partial charge in [0, 0.05) is 32.2 Å². The molecule has 2 unspecified atom stereocenters. The summed E-state index contributed by atoms with van der Waals surface area (Å²) in [5.41, 5.74) is 0.947. The zero-order valence-corrected chi connectivity index (χ0v) is 13.7. The van der Waals surface area contributed by atoms with Gasteiger partial charge in [-0.1, -0.05) is 35.3 Å². The number of morpholine rings is 1. The van der Waals surface area contributed by atoms with Crippen LogP contribution in [0.1, 0.15) is 18.5 Å². The van der Waals surface area contributed by atoms with E-state index in [1.165, 1.54) is 0 Å². The van der Waals surface area contributed by atoms with Gasteiger partial charge in [0.05, 0.1) is 29.4 Å². The molecule has 2 atom stereocenters. The van der Waals surface area contributed by atoms with Crippen molar-refractivity contribution in [3.8, 4) is 0 Å². The molecule has 1 aliphatic heterocycles. The molecule has 1 fully saturated rings. The molecule has 0 bridgehead atoms. The molecule has 2 N–H and O–H groups in total. The zero-order chi connectivity index (χ0) is 15.2. The monoisotopic (exact) mass is 332 g/mol. The van der Waals surface area contributed by atoms with E-state index in [4.69, 9.17) is 27.9 Å². The molecule has 1 heterocycles. The Hall–Kier alpha value is -0.360. The minimum absolute atomic E-state index is 0.0375. The van der Waals surface area contributed by atoms with E-state index in [1.54, 1.807) is 6.07 Å². The summed E-state index contributed by atoms with van der Waals surface area (Å²) in [7, 11) is 0. The lowest BCUT2D eigenvalue weighted by Crippen LogP contribution is -2.44. The van der Waals surface area contributed by atoms with Crippen LogP contribution < -0.4 is 5.32 Å². The first-order valence-corrected chi connectivity index (χ1v) is 7.99. The molecule has 0 saturated carbocycles. The minimum atomic E-state index is -0.413. The van der Waals surface area contributed by atoms with Crippen LogP contribution in [0.25, 0.3) is 0 Å². The van der Waals surface area contributed by atoms with E-state index >= 15 is 0 Å². The molecule has 1 saturated heterocycles. The third-order valence-corrected chi connectivity index (χ3v) is 4.51. The first kappa shape index (κ1) is 17.0. The second kappa shape index (κ2) is 8.32. The molecular weight excluding hydrogens is 311 g/mol. The van der Waals surface area contributed by atoms with Crippen molar-refractivity contribution >= 4 is 23.2 Å². The predicted octanol–water partition coefficient (Wildman–Crippen LogP) is 2.34. The lowest BCUT2D eigenvalue weighted by Gasteiger charge is -2.29. The second-order valence-corrected chi connectivity index (χ2v) is 6.12. The van der Waals surface area contributed by atoms with E-state index in [0.717, 1.165) is 31.9 Å². The van der Waals surface area contributed by atoms with E-state index in [-0.39, 0.29) is 6.04 Å². The van der Waals surface area contributed by atoms with Gasteiger partial charge >= 0.3 is 0 Å². The van der Waals surface area contributed by atoms with Gasteiger partial charge in [-0.05, 0) is 18.6 Å². The number of aliphatic hydroxyl groups is 1. The van der Waals surface area contributed by atoms with Gasteiger partial charge in [-0.2, -0.15) is 0 Å². The maximum atomic E-state index is 10.1. The average Bonchev–Trinajstić information content (AvgIpc) is 2.48. The molecule has 1 aliphatic rings. The van der Waals surface area contributed by atoms with Crippen LogP contribution in [-0.4, -0.2) is 55.5 Å². The molecule has 0 radical (unpaired) electrons. The molecule has 21 heavy (non-hydrogen) atoms. The molecule has 2 rings (SSSR count). The summed E-state index contributed by atoms with van der Waals surface area (Å²) in [6, 6.07) is 5.63. The van der Waals surface area contributed by atoms with E-state index in [1.807, 2.05) is 19.1 Å². The van der Waals surface area contributed by atoms with Gasteiger partial charge in [-0.15, -0.1) is 0 Å². The number of nitrogens with one attached hydrogen (secondary N) is 1. The SMILES string of the molecule is CC(NCC(O)CN1CCOCC1)c1cccc(Cl)c1Cl. The number of rotatable bonds is 6. The number of ether oxygens (including phenoxy) is 1. The topological polar surface area (TPSA) is 44.7 Å². The van der Waals surface area contributed by atoms with Gasteiger partial charge < -0.3 is 15.2 Å². The summed E-state index contributed by atoms with van der Waals surface area (Å²) in [6.45, 7) is 6.44. The quantitative estimate of drug-likeness (QED) is 0.839. The maximum Gasteiger partial charge on any atom is 0.0791 e. The van der Waals surface area contributed by atoms with Crippen LogP contribution in [0.5, 0.6) is 0 Å². The summed E-state index contributed by atoms with van der Waals surface area (Å²) in [5, 5.41) is 14.5. The standard InChI is InChI=1S/C15H22Cl2N2O2/c1-11(13-3-2-4-14(16)15(13)17)18-9-12(20)10-19-5-7-21-8-6-19/h2-4,11-12,18,20H,5-10H2,1H3. The molecule has 0 aromatic heterocycles. The summed E-state index contributed by atoms with van der Waals surface area (Å²) in [4.78, 5) is 2.22. The Morgan fingerprint density at radius 3 is 2.76 bits per heavy atom. The van der Waals surface area contributed by atoms with Crippen LogP contribution in [-0.2, 0) is 4.74 Å². The van der Waals surface area contributed by atoms with Crippen molar-refractivity contribution in [1.29, 1.82) is 0 Å². The fourth-order valence-corrected chi connectivity index (χ4v) is 2.90. The number of hydrogen-bond donors (Lipinski definition) is 2. The normalized spacial score (nSPS) is 19.4. The molecular formula is C15H22Cl2N2O2. The van der Waals surface area contributed by atoms with Crippen LogP contribution >= 0.6 is 23.2 Å². The van der Waals surface area contributed by atoms with Gasteiger partial charge in [0.15, 0.2) is 0 Å². The molecule has 0 aliphatic carbocycles. The van der Waals surface area contributed by atoms with Gasteiger partial charge in [0.2, 0.25) is 0 Å². The predicted molar refractivity (Wildman–Crippen MR) is 86.1 cm³/mol. The summed E-state index contributed by atoms with van der Waals surface area (Å²) < 4.78 is 5.30. The Labute approximate surface area is 136 Å². The Balaban J connectivity index is 1.80. The Kier molecular flexibility index (Phi) is 6.74. The van der Waals surface area contributed by atoms with Gasteiger partial charge in [0.1, 0.15) is 0 Å². The fraction of sp³-hybridized carbons (Fsp3) is 0.600. The van der Waals surface area contributed by atoms with Crippen molar-refractivity contribution in [3.63, 3.8) is 0 Å². The lowest BCUT2D eigenvalue weighted by molar-refractivity contribution is 0.0145. The van der Waals surface area contributed by atoms with Crippen molar-refractivity contribution in [3.05, 3.63) is 33.8 Å². The molecule has 1 aromatic rings. The average molecular weight is 333 g/mol. The number of β-amino-alcohol motifs (C(OH)–C–C–N with tert-alkyl or cyclic N) is 1. The van der Waals surface area contributed by atoms with Crippen LogP contribution in [0.3, 0.4) is 0 Å². The van der Waals surface area contributed by atoms with E-state index < -0.39 is 6.10 Å². The van der Waals surface area contributed by atoms with Crippen LogP contribution in [0.15, 0.2) is 18.2 Å². The number of nitrogens with zero attached hydrogens (tertiary/aromatic N) is 1. The smallest absolute Gasteiger partial charge is 0.0791 e. The Bertz CT molecular complexity index is 453. The Morgan fingerprint density at radius 2 is 2.05 bits per heavy atom. The highest BCUT2D eigenvalue weighted by Gasteiger charge is 2.17. The number of benzene rings is 1. The summed E-state index contributed by atoms with van der Waals surface area (Å²) in [5.74, 6) is 0. The lowest BCUT2D eigenvalue weighted by atomic mass is 10.1. The molecule has 1 aromatic carbocycles. The summed E-state index contributed by atoms with van der Waals surface area (Å²) >= 11 is 12.2. The summed E-state index contributed by atoms with van der Waals surface area (Å²) in [6.07, 6.45) is -0.413. The fourth-order valence-electron chi connectivity index (χ4n) is 2.42. The van der Waals surface area contributed by atoms with Gasteiger partial charge in [-0.3, -0.25) is 4.90 Å².